The third-order valence-electron chi connectivity index (χ3n) is 3.09. The maximum Gasteiger partial charge on any atom is 0.249 e. The molecule has 0 unspecified atom stereocenters. The average Bonchev–Trinajstić information content (AvgIpc) is 2.61. The summed E-state index contributed by atoms with van der Waals surface area (Å²) in [5.74, 6) is -1.31. The first-order chi connectivity index (χ1) is 12.8. The first-order valence-corrected chi connectivity index (χ1v) is 9.04. The second-order valence-electron chi connectivity index (χ2n) is 5.17. The number of aromatic hydroxyl groups is 2. The van der Waals surface area contributed by atoms with Gasteiger partial charge in [0, 0.05) is 20.1 Å². The fraction of sp³-hybridized carbons (Fsp3) is 0.0588. The maximum atomic E-state index is 11.7. The van der Waals surface area contributed by atoms with Crippen LogP contribution < -0.4 is 10.9 Å². The van der Waals surface area contributed by atoms with Crippen molar-refractivity contribution < 1.29 is 19.8 Å². The van der Waals surface area contributed by atoms with Crippen LogP contribution >= 0.6 is 31.9 Å². The molecule has 0 saturated carbocycles. The number of phenols is 2. The number of hydrogen-bond donors (Lipinski definition) is 4. The third kappa shape index (κ3) is 6.83. The van der Waals surface area contributed by atoms with E-state index in [0.29, 0.717) is 11.1 Å². The van der Waals surface area contributed by atoms with E-state index < -0.39 is 18.2 Å². The molecular formula is C17H14Br2N4O4. The van der Waals surface area contributed by atoms with Crippen molar-refractivity contribution in [1.29, 1.82) is 0 Å². The summed E-state index contributed by atoms with van der Waals surface area (Å²) in [6, 6.07) is 9.49. The van der Waals surface area contributed by atoms with E-state index in [1.54, 1.807) is 24.3 Å². The average molecular weight is 498 g/mol. The normalized spacial score (nSPS) is 11.0. The van der Waals surface area contributed by atoms with Crippen molar-refractivity contribution in [2.24, 2.45) is 10.2 Å². The number of halogens is 2. The largest absolute Gasteiger partial charge is 0.507 e. The standard InChI is InChI=1S/C17H14Br2N4O4/c18-12-1-3-14(24)10(5-12)8-20-22-16(26)7-17(27)23-21-9-11-6-13(19)2-4-15(11)25/h1-6,8-9,24-25H,7H2,(H,22,26)(H,23,27). The molecule has 0 aliphatic rings. The van der Waals surface area contributed by atoms with E-state index in [0.717, 1.165) is 8.95 Å². The quantitative estimate of drug-likeness (QED) is 0.278. The van der Waals surface area contributed by atoms with Crippen LogP contribution in [-0.4, -0.2) is 34.5 Å². The van der Waals surface area contributed by atoms with Gasteiger partial charge in [-0.25, -0.2) is 10.9 Å². The summed E-state index contributed by atoms with van der Waals surface area (Å²) in [5, 5.41) is 26.7. The fourth-order valence-corrected chi connectivity index (χ4v) is 2.59. The first kappa shape index (κ1) is 20.6. The second kappa shape index (κ2) is 9.83. The smallest absolute Gasteiger partial charge is 0.249 e. The van der Waals surface area contributed by atoms with Gasteiger partial charge in [-0.2, -0.15) is 10.2 Å². The Morgan fingerprint density at radius 1 is 0.852 bits per heavy atom. The molecule has 8 nitrogen and oxygen atoms in total. The van der Waals surface area contributed by atoms with E-state index >= 15 is 0 Å². The molecule has 0 atom stereocenters. The maximum absolute atomic E-state index is 11.7. The van der Waals surface area contributed by atoms with E-state index in [1.165, 1.54) is 24.6 Å². The summed E-state index contributed by atoms with van der Waals surface area (Å²) < 4.78 is 1.48. The van der Waals surface area contributed by atoms with Crippen LogP contribution in [0.25, 0.3) is 0 Å². The Labute approximate surface area is 171 Å². The lowest BCUT2D eigenvalue weighted by atomic mass is 10.2. The number of phenolic OH excluding ortho intramolecular Hbond substituents is 2. The summed E-state index contributed by atoms with van der Waals surface area (Å²) in [6.07, 6.45) is 2.01. The molecule has 27 heavy (non-hydrogen) atoms. The van der Waals surface area contributed by atoms with Crippen LogP contribution in [0.5, 0.6) is 11.5 Å². The van der Waals surface area contributed by atoms with Crippen molar-refractivity contribution in [1.82, 2.24) is 10.9 Å². The number of benzene rings is 2. The Kier molecular flexibility index (Phi) is 7.50. The van der Waals surface area contributed by atoms with Gasteiger partial charge in [-0.15, -0.1) is 0 Å². The number of hydrazone groups is 2. The summed E-state index contributed by atoms with van der Waals surface area (Å²) >= 11 is 6.51. The van der Waals surface area contributed by atoms with Gasteiger partial charge in [-0.3, -0.25) is 9.59 Å². The van der Waals surface area contributed by atoms with Gasteiger partial charge < -0.3 is 10.2 Å². The first-order valence-electron chi connectivity index (χ1n) is 7.46. The number of amides is 2. The molecule has 2 aromatic carbocycles. The van der Waals surface area contributed by atoms with Crippen LogP contribution in [-0.2, 0) is 9.59 Å². The molecule has 0 fully saturated rings. The zero-order chi connectivity index (χ0) is 19.8. The van der Waals surface area contributed by atoms with E-state index in [1.807, 2.05) is 0 Å². The summed E-state index contributed by atoms with van der Waals surface area (Å²) in [6.45, 7) is 0. The SMILES string of the molecule is O=C(CC(=O)NN=Cc1cc(Br)ccc1O)NN=Cc1cc(Br)ccc1O. The van der Waals surface area contributed by atoms with Crippen LogP contribution in [0.1, 0.15) is 17.5 Å². The Morgan fingerprint density at radius 3 is 1.67 bits per heavy atom. The zero-order valence-electron chi connectivity index (χ0n) is 13.7. The zero-order valence-corrected chi connectivity index (χ0v) is 16.9. The van der Waals surface area contributed by atoms with Gasteiger partial charge in [0.15, 0.2) is 0 Å². The van der Waals surface area contributed by atoms with E-state index in [4.69, 9.17) is 0 Å². The summed E-state index contributed by atoms with van der Waals surface area (Å²) in [7, 11) is 0. The predicted octanol–water partition coefficient (Wildman–Crippen LogP) is 2.61. The van der Waals surface area contributed by atoms with Gasteiger partial charge in [-0.05, 0) is 36.4 Å². The van der Waals surface area contributed by atoms with Crippen LogP contribution in [0.4, 0.5) is 0 Å². The van der Waals surface area contributed by atoms with Crippen molar-refractivity contribution in [2.75, 3.05) is 0 Å². The molecule has 0 saturated heterocycles. The van der Waals surface area contributed by atoms with Crippen LogP contribution in [0.3, 0.4) is 0 Å². The Bertz CT molecular complexity index is 842. The molecular weight excluding hydrogens is 484 g/mol. The molecule has 2 amide bonds. The fourth-order valence-electron chi connectivity index (χ4n) is 1.83. The molecule has 0 heterocycles. The highest BCUT2D eigenvalue weighted by atomic mass is 79.9. The lowest BCUT2D eigenvalue weighted by molar-refractivity contribution is -0.129. The van der Waals surface area contributed by atoms with Gasteiger partial charge in [-0.1, -0.05) is 31.9 Å². The monoisotopic (exact) mass is 496 g/mol. The number of carbonyl (C=O) groups excluding carboxylic acids is 2. The molecule has 0 bridgehead atoms. The number of nitrogens with zero attached hydrogens (tertiary/aromatic N) is 2. The predicted molar refractivity (Wildman–Crippen MR) is 108 cm³/mol. The van der Waals surface area contributed by atoms with Gasteiger partial charge in [0.05, 0.1) is 12.4 Å². The molecule has 2 rings (SSSR count). The molecule has 10 heteroatoms. The topological polar surface area (TPSA) is 123 Å². The van der Waals surface area contributed by atoms with Crippen LogP contribution in [0, 0.1) is 0 Å². The lowest BCUT2D eigenvalue weighted by Gasteiger charge is -2.01. The van der Waals surface area contributed by atoms with Crippen molar-refractivity contribution in [3.05, 3.63) is 56.5 Å². The molecule has 0 aromatic heterocycles. The van der Waals surface area contributed by atoms with Crippen molar-refractivity contribution in [3.63, 3.8) is 0 Å². The number of rotatable bonds is 6. The molecule has 0 aliphatic heterocycles. The Balaban J connectivity index is 1.82. The minimum absolute atomic E-state index is 0.000851. The molecule has 140 valence electrons. The van der Waals surface area contributed by atoms with Crippen molar-refractivity contribution in [2.45, 2.75) is 6.42 Å². The van der Waals surface area contributed by atoms with E-state index in [-0.39, 0.29) is 11.5 Å². The van der Waals surface area contributed by atoms with Crippen LogP contribution in [0.2, 0.25) is 0 Å². The lowest BCUT2D eigenvalue weighted by Crippen LogP contribution is -2.27. The van der Waals surface area contributed by atoms with Gasteiger partial charge >= 0.3 is 0 Å². The minimum atomic E-state index is -0.654. The Morgan fingerprint density at radius 2 is 1.26 bits per heavy atom. The van der Waals surface area contributed by atoms with E-state index in [9.17, 15) is 19.8 Å². The number of nitrogens with one attached hydrogen (secondary N) is 2. The Hall–Kier alpha value is -2.72. The number of carbonyl (C=O) groups is 2. The summed E-state index contributed by atoms with van der Waals surface area (Å²) in [5.41, 5.74) is 5.15. The number of hydrogen-bond acceptors (Lipinski definition) is 6. The van der Waals surface area contributed by atoms with Crippen molar-refractivity contribution in [3.8, 4) is 11.5 Å². The molecule has 0 aliphatic carbocycles. The van der Waals surface area contributed by atoms with Crippen molar-refractivity contribution >= 4 is 56.1 Å². The van der Waals surface area contributed by atoms with E-state index in [2.05, 4.69) is 52.9 Å². The molecule has 0 spiro atoms. The van der Waals surface area contributed by atoms with Gasteiger partial charge in [0.25, 0.3) is 0 Å². The molecule has 0 radical (unpaired) electrons. The minimum Gasteiger partial charge on any atom is -0.507 e. The van der Waals surface area contributed by atoms with Crippen LogP contribution in [0.15, 0.2) is 55.5 Å². The molecule has 4 N–H and O–H groups in total. The van der Waals surface area contributed by atoms with Gasteiger partial charge in [0.1, 0.15) is 17.9 Å². The highest BCUT2D eigenvalue weighted by Crippen LogP contribution is 2.20. The highest BCUT2D eigenvalue weighted by Gasteiger charge is 2.08. The second-order valence-corrected chi connectivity index (χ2v) is 7.00. The highest BCUT2D eigenvalue weighted by molar-refractivity contribution is 9.10. The molecule has 2 aromatic rings. The van der Waals surface area contributed by atoms with Gasteiger partial charge in [0.2, 0.25) is 11.8 Å². The summed E-state index contributed by atoms with van der Waals surface area (Å²) in [4.78, 5) is 23.3. The third-order valence-corrected chi connectivity index (χ3v) is 4.07.